The molecule has 20 heavy (non-hydrogen) atoms. The molecule has 0 radical (unpaired) electrons. The predicted molar refractivity (Wildman–Crippen MR) is 72.7 cm³/mol. The zero-order valence-corrected chi connectivity index (χ0v) is 11.3. The van der Waals surface area contributed by atoms with E-state index >= 15 is 0 Å². The Balaban J connectivity index is 1.99. The van der Waals surface area contributed by atoms with Crippen molar-refractivity contribution in [1.29, 1.82) is 0 Å². The molecule has 0 amide bonds. The Kier molecular flexibility index (Phi) is 4.81. The van der Waals surface area contributed by atoms with Crippen molar-refractivity contribution in [1.82, 2.24) is 15.2 Å². The number of nitrogens with two attached hydrogens (primary N) is 1. The summed E-state index contributed by atoms with van der Waals surface area (Å²) in [5, 5.41) is 4.09. The summed E-state index contributed by atoms with van der Waals surface area (Å²) >= 11 is 0. The Morgan fingerprint density at radius 2 is 2.15 bits per heavy atom. The second kappa shape index (κ2) is 6.58. The zero-order chi connectivity index (χ0) is 14.5. The van der Waals surface area contributed by atoms with Gasteiger partial charge in [0.15, 0.2) is 11.6 Å². The second-order valence-corrected chi connectivity index (χ2v) is 4.77. The van der Waals surface area contributed by atoms with Crippen LogP contribution < -0.4 is 11.3 Å². The number of rotatable bonds is 6. The topological polar surface area (TPSA) is 55.9 Å². The van der Waals surface area contributed by atoms with Gasteiger partial charge in [-0.2, -0.15) is 5.10 Å². The summed E-state index contributed by atoms with van der Waals surface area (Å²) in [5.74, 6) is 3.87. The quantitative estimate of drug-likeness (QED) is 0.625. The third-order valence-electron chi connectivity index (χ3n) is 3.40. The van der Waals surface area contributed by atoms with Crippen molar-refractivity contribution in [3.8, 4) is 0 Å². The van der Waals surface area contributed by atoms with Crippen LogP contribution in [0.3, 0.4) is 0 Å². The van der Waals surface area contributed by atoms with Gasteiger partial charge in [-0.25, -0.2) is 8.78 Å². The van der Waals surface area contributed by atoms with E-state index in [2.05, 4.69) is 10.5 Å². The number of hydrogen-bond acceptors (Lipinski definition) is 3. The Morgan fingerprint density at radius 3 is 2.80 bits per heavy atom. The highest BCUT2D eigenvalue weighted by Crippen LogP contribution is 2.15. The minimum Gasteiger partial charge on any atom is -0.273 e. The van der Waals surface area contributed by atoms with Gasteiger partial charge in [0, 0.05) is 25.0 Å². The fourth-order valence-corrected chi connectivity index (χ4v) is 2.18. The number of hydrazine groups is 1. The molecule has 0 fully saturated rings. The van der Waals surface area contributed by atoms with E-state index in [0.29, 0.717) is 18.4 Å². The molecule has 0 saturated heterocycles. The van der Waals surface area contributed by atoms with Gasteiger partial charge >= 0.3 is 0 Å². The molecule has 0 aliphatic heterocycles. The molecule has 108 valence electrons. The van der Waals surface area contributed by atoms with Gasteiger partial charge in [0.2, 0.25) is 0 Å². The van der Waals surface area contributed by atoms with Gasteiger partial charge in [0.1, 0.15) is 0 Å². The van der Waals surface area contributed by atoms with Gasteiger partial charge in [-0.1, -0.05) is 12.1 Å². The molecule has 0 bridgehead atoms. The van der Waals surface area contributed by atoms with Crippen molar-refractivity contribution in [2.24, 2.45) is 12.9 Å². The van der Waals surface area contributed by atoms with Gasteiger partial charge in [0.25, 0.3) is 0 Å². The summed E-state index contributed by atoms with van der Waals surface area (Å²) in [4.78, 5) is 0. The van der Waals surface area contributed by atoms with Crippen LogP contribution in [0.1, 0.15) is 17.7 Å². The molecule has 1 aromatic carbocycles. The molecule has 1 heterocycles. The van der Waals surface area contributed by atoms with Crippen molar-refractivity contribution in [2.75, 3.05) is 0 Å². The van der Waals surface area contributed by atoms with E-state index in [-0.39, 0.29) is 6.04 Å². The fraction of sp³-hybridized carbons (Fsp3) is 0.357. The third-order valence-corrected chi connectivity index (χ3v) is 3.40. The molecule has 1 unspecified atom stereocenters. The van der Waals surface area contributed by atoms with Crippen LogP contribution in [-0.2, 0) is 19.9 Å². The first-order valence-corrected chi connectivity index (χ1v) is 6.47. The summed E-state index contributed by atoms with van der Waals surface area (Å²) in [6, 6.07) is 5.99. The number of nitrogens with one attached hydrogen (secondary N) is 1. The van der Waals surface area contributed by atoms with E-state index in [9.17, 15) is 8.78 Å². The molecule has 2 rings (SSSR count). The number of nitrogens with zero attached hydrogens (tertiary/aromatic N) is 2. The van der Waals surface area contributed by atoms with Gasteiger partial charge in [0.05, 0.1) is 0 Å². The highest BCUT2D eigenvalue weighted by molar-refractivity contribution is 5.20. The minimum atomic E-state index is -0.829. The molecule has 0 saturated carbocycles. The van der Waals surface area contributed by atoms with E-state index in [0.717, 1.165) is 18.2 Å². The fourth-order valence-electron chi connectivity index (χ4n) is 2.18. The van der Waals surface area contributed by atoms with Crippen molar-refractivity contribution >= 4 is 0 Å². The molecule has 4 nitrogen and oxygen atoms in total. The zero-order valence-electron chi connectivity index (χ0n) is 11.3. The van der Waals surface area contributed by atoms with Crippen molar-refractivity contribution in [3.05, 3.63) is 53.4 Å². The average Bonchev–Trinajstić information content (AvgIpc) is 2.85. The van der Waals surface area contributed by atoms with Gasteiger partial charge in [-0.05, 0) is 37.0 Å². The number of halogens is 2. The summed E-state index contributed by atoms with van der Waals surface area (Å²) in [6.07, 6.45) is 3.55. The molecule has 0 spiro atoms. The maximum Gasteiger partial charge on any atom is 0.162 e. The van der Waals surface area contributed by atoms with Crippen LogP contribution >= 0.6 is 0 Å². The second-order valence-electron chi connectivity index (χ2n) is 4.77. The van der Waals surface area contributed by atoms with Gasteiger partial charge in [-0.15, -0.1) is 0 Å². The van der Waals surface area contributed by atoms with Crippen LogP contribution in [0.25, 0.3) is 0 Å². The minimum absolute atomic E-state index is 0.124. The lowest BCUT2D eigenvalue weighted by Gasteiger charge is -2.16. The lowest BCUT2D eigenvalue weighted by Crippen LogP contribution is -2.37. The van der Waals surface area contributed by atoms with E-state index in [4.69, 9.17) is 5.84 Å². The summed E-state index contributed by atoms with van der Waals surface area (Å²) < 4.78 is 28.6. The lowest BCUT2D eigenvalue weighted by molar-refractivity contribution is 0.457. The van der Waals surface area contributed by atoms with Crippen molar-refractivity contribution in [3.63, 3.8) is 0 Å². The monoisotopic (exact) mass is 280 g/mol. The SMILES string of the molecule is Cn1nccc1CCC(Cc1cccc(F)c1F)NN. The third kappa shape index (κ3) is 3.40. The van der Waals surface area contributed by atoms with Gasteiger partial charge < -0.3 is 0 Å². The molecule has 0 aliphatic rings. The van der Waals surface area contributed by atoms with Crippen LogP contribution in [-0.4, -0.2) is 15.8 Å². The smallest absolute Gasteiger partial charge is 0.162 e. The van der Waals surface area contributed by atoms with Crippen LogP contribution in [0.5, 0.6) is 0 Å². The summed E-state index contributed by atoms with van der Waals surface area (Å²) in [7, 11) is 1.87. The summed E-state index contributed by atoms with van der Waals surface area (Å²) in [5.41, 5.74) is 4.07. The molecular weight excluding hydrogens is 262 g/mol. The average molecular weight is 280 g/mol. The van der Waals surface area contributed by atoms with Crippen LogP contribution in [0.2, 0.25) is 0 Å². The molecule has 1 atom stereocenters. The Hall–Kier alpha value is -1.79. The lowest BCUT2D eigenvalue weighted by atomic mass is 10.0. The van der Waals surface area contributed by atoms with Crippen LogP contribution in [0.15, 0.2) is 30.5 Å². The Morgan fingerprint density at radius 1 is 1.35 bits per heavy atom. The van der Waals surface area contributed by atoms with E-state index in [1.807, 2.05) is 13.1 Å². The first-order chi connectivity index (χ1) is 9.61. The maximum atomic E-state index is 13.6. The predicted octanol–water partition coefficient (Wildman–Crippen LogP) is 1.71. The summed E-state index contributed by atoms with van der Waals surface area (Å²) in [6.45, 7) is 0. The molecule has 2 aromatic rings. The molecule has 1 aromatic heterocycles. The van der Waals surface area contributed by atoms with Crippen molar-refractivity contribution < 1.29 is 8.78 Å². The largest absolute Gasteiger partial charge is 0.273 e. The van der Waals surface area contributed by atoms with E-state index < -0.39 is 11.6 Å². The molecule has 3 N–H and O–H groups in total. The maximum absolute atomic E-state index is 13.6. The van der Waals surface area contributed by atoms with E-state index in [1.165, 1.54) is 6.07 Å². The van der Waals surface area contributed by atoms with Gasteiger partial charge in [-0.3, -0.25) is 16.0 Å². The first kappa shape index (κ1) is 14.6. The number of aryl methyl sites for hydroxylation is 2. The van der Waals surface area contributed by atoms with Crippen LogP contribution in [0, 0.1) is 11.6 Å². The van der Waals surface area contributed by atoms with Crippen LogP contribution in [0.4, 0.5) is 8.78 Å². The Bertz CT molecular complexity index is 568. The molecule has 0 aliphatic carbocycles. The first-order valence-electron chi connectivity index (χ1n) is 6.47. The van der Waals surface area contributed by atoms with Crippen molar-refractivity contribution in [2.45, 2.75) is 25.3 Å². The number of benzene rings is 1. The normalized spacial score (nSPS) is 12.6. The standard InChI is InChI=1S/C14H18F2N4/c1-20-12(7-8-18-20)6-5-11(19-17)9-10-3-2-4-13(15)14(10)16/h2-4,7-8,11,19H,5-6,9,17H2,1H3. The van der Waals surface area contributed by atoms with E-state index in [1.54, 1.807) is 16.9 Å². The molecular formula is C14H18F2N4. The number of aromatic nitrogens is 2. The molecule has 6 heteroatoms. The highest BCUT2D eigenvalue weighted by atomic mass is 19.2. The Labute approximate surface area is 116 Å². The number of hydrogen-bond donors (Lipinski definition) is 2. The highest BCUT2D eigenvalue weighted by Gasteiger charge is 2.14.